The molecule has 0 fully saturated rings. The number of aromatic amines is 1. The first-order chi connectivity index (χ1) is 9.19. The number of halogens is 2. The van der Waals surface area contributed by atoms with Crippen LogP contribution in [0, 0.1) is 5.82 Å². The van der Waals surface area contributed by atoms with Gasteiger partial charge in [0, 0.05) is 11.1 Å². The van der Waals surface area contributed by atoms with E-state index in [-0.39, 0.29) is 16.6 Å². The van der Waals surface area contributed by atoms with E-state index in [0.29, 0.717) is 23.4 Å². The number of nitrogens with one attached hydrogen (secondary N) is 1. The summed E-state index contributed by atoms with van der Waals surface area (Å²) in [6.45, 7) is 0.417. The quantitative estimate of drug-likeness (QED) is 0.756. The van der Waals surface area contributed by atoms with Gasteiger partial charge in [-0.1, -0.05) is 17.4 Å². The van der Waals surface area contributed by atoms with Crippen LogP contribution < -0.4 is 4.87 Å². The zero-order chi connectivity index (χ0) is 13.4. The lowest BCUT2D eigenvalue weighted by molar-refractivity contribution is 0.637. The predicted octanol–water partition coefficient (Wildman–Crippen LogP) is 2.71. The lowest BCUT2D eigenvalue weighted by Gasteiger charge is -2.05. The fourth-order valence-corrected chi connectivity index (χ4v) is 2.78. The molecule has 0 saturated carbocycles. The smallest absolute Gasteiger partial charge is 0.304 e. The van der Waals surface area contributed by atoms with Crippen molar-refractivity contribution in [2.45, 2.75) is 12.4 Å². The number of rotatable bonds is 3. The Morgan fingerprint density at radius 1 is 1.47 bits per heavy atom. The van der Waals surface area contributed by atoms with E-state index in [9.17, 15) is 9.18 Å². The second kappa shape index (κ2) is 4.79. The highest BCUT2D eigenvalue weighted by molar-refractivity contribution is 7.07. The molecule has 7 heteroatoms. The van der Waals surface area contributed by atoms with Crippen molar-refractivity contribution < 1.29 is 4.39 Å². The maximum atomic E-state index is 13.7. The van der Waals surface area contributed by atoms with Crippen LogP contribution in [-0.4, -0.2) is 14.5 Å². The Bertz CT molecular complexity index is 792. The van der Waals surface area contributed by atoms with Gasteiger partial charge < -0.3 is 9.55 Å². The molecule has 2 aromatic heterocycles. The molecule has 2 heterocycles. The topological polar surface area (TPSA) is 50.7 Å². The third-order valence-electron chi connectivity index (χ3n) is 2.83. The van der Waals surface area contributed by atoms with Crippen molar-refractivity contribution >= 4 is 34.0 Å². The van der Waals surface area contributed by atoms with E-state index in [0.717, 1.165) is 17.0 Å². The molecule has 0 unspecified atom stereocenters. The van der Waals surface area contributed by atoms with Gasteiger partial charge in [-0.2, -0.15) is 0 Å². The number of alkyl halides is 1. The molecule has 0 atom stereocenters. The Balaban J connectivity index is 2.15. The summed E-state index contributed by atoms with van der Waals surface area (Å²) in [4.78, 5) is 18.0. The van der Waals surface area contributed by atoms with Crippen LogP contribution in [-0.2, 0) is 12.4 Å². The minimum absolute atomic E-state index is 0.113. The van der Waals surface area contributed by atoms with Gasteiger partial charge in [-0.05, 0) is 12.1 Å². The number of thiazole rings is 1. The minimum atomic E-state index is -0.374. The number of benzene rings is 1. The number of imidazole rings is 1. The number of para-hydroxylation sites is 1. The SMILES string of the molecule is O=c1[nH]c(Cn2c(CCl)nc3c(F)cccc32)cs1. The summed E-state index contributed by atoms with van der Waals surface area (Å²) < 4.78 is 15.5. The lowest BCUT2D eigenvalue weighted by Crippen LogP contribution is -2.06. The highest BCUT2D eigenvalue weighted by Crippen LogP contribution is 2.21. The van der Waals surface area contributed by atoms with Crippen LogP contribution in [0.25, 0.3) is 11.0 Å². The van der Waals surface area contributed by atoms with Crippen molar-refractivity contribution in [3.8, 4) is 0 Å². The van der Waals surface area contributed by atoms with Gasteiger partial charge in [0.15, 0.2) is 5.82 Å². The van der Waals surface area contributed by atoms with Crippen molar-refractivity contribution in [1.82, 2.24) is 14.5 Å². The number of nitrogens with zero attached hydrogens (tertiary/aromatic N) is 2. The van der Waals surface area contributed by atoms with Crippen LogP contribution >= 0.6 is 22.9 Å². The van der Waals surface area contributed by atoms with Gasteiger partial charge in [-0.3, -0.25) is 4.79 Å². The fraction of sp³-hybridized carbons (Fsp3) is 0.167. The zero-order valence-electron chi connectivity index (χ0n) is 9.69. The highest BCUT2D eigenvalue weighted by Gasteiger charge is 2.13. The molecule has 1 aromatic carbocycles. The molecule has 0 aliphatic carbocycles. The molecular weight excluding hydrogens is 289 g/mol. The molecule has 0 radical (unpaired) electrons. The Kier molecular flexibility index (Phi) is 3.12. The Morgan fingerprint density at radius 2 is 2.32 bits per heavy atom. The average molecular weight is 298 g/mol. The number of hydrogen-bond acceptors (Lipinski definition) is 3. The third kappa shape index (κ3) is 2.17. The first kappa shape index (κ1) is 12.4. The summed E-state index contributed by atoms with van der Waals surface area (Å²) in [6.07, 6.45) is 0. The van der Waals surface area contributed by atoms with Gasteiger partial charge in [0.1, 0.15) is 11.3 Å². The Labute approximate surface area is 116 Å². The molecule has 0 saturated heterocycles. The van der Waals surface area contributed by atoms with Crippen LogP contribution in [0.3, 0.4) is 0 Å². The summed E-state index contributed by atoms with van der Waals surface area (Å²) >= 11 is 6.95. The Hall–Kier alpha value is -1.66. The van der Waals surface area contributed by atoms with Crippen molar-refractivity contribution in [2.75, 3.05) is 0 Å². The van der Waals surface area contributed by atoms with Crippen molar-refractivity contribution in [1.29, 1.82) is 0 Å². The van der Waals surface area contributed by atoms with Crippen LogP contribution in [0.4, 0.5) is 4.39 Å². The van der Waals surface area contributed by atoms with Crippen LogP contribution in [0.5, 0.6) is 0 Å². The molecule has 0 aliphatic heterocycles. The van der Waals surface area contributed by atoms with E-state index >= 15 is 0 Å². The van der Waals surface area contributed by atoms with E-state index < -0.39 is 0 Å². The van der Waals surface area contributed by atoms with Gasteiger partial charge in [0.05, 0.1) is 17.9 Å². The van der Waals surface area contributed by atoms with E-state index in [1.165, 1.54) is 6.07 Å². The average Bonchev–Trinajstić information content (AvgIpc) is 2.96. The normalized spacial score (nSPS) is 11.3. The second-order valence-electron chi connectivity index (χ2n) is 4.03. The molecule has 19 heavy (non-hydrogen) atoms. The molecule has 3 rings (SSSR count). The fourth-order valence-electron chi connectivity index (χ4n) is 2.00. The van der Waals surface area contributed by atoms with Crippen LogP contribution in [0.1, 0.15) is 11.5 Å². The van der Waals surface area contributed by atoms with E-state index in [1.54, 1.807) is 17.5 Å². The number of H-pyrrole nitrogens is 1. The minimum Gasteiger partial charge on any atom is -0.321 e. The first-order valence-electron chi connectivity index (χ1n) is 5.55. The second-order valence-corrected chi connectivity index (χ2v) is 5.14. The summed E-state index contributed by atoms with van der Waals surface area (Å²) in [6, 6.07) is 4.78. The summed E-state index contributed by atoms with van der Waals surface area (Å²) in [5.74, 6) is 0.387. The van der Waals surface area contributed by atoms with Gasteiger partial charge >= 0.3 is 4.87 Å². The number of fused-ring (bicyclic) bond motifs is 1. The largest absolute Gasteiger partial charge is 0.321 e. The van der Waals surface area contributed by atoms with Crippen LogP contribution in [0.15, 0.2) is 28.4 Å². The molecule has 0 bridgehead atoms. The standard InChI is InChI=1S/C12H9ClFN3OS/c13-4-10-16-11-8(14)2-1-3-9(11)17(10)5-7-6-19-12(18)15-7/h1-3,6H,4-5H2,(H,15,18). The van der Waals surface area contributed by atoms with Crippen LogP contribution in [0.2, 0.25) is 0 Å². The Morgan fingerprint density at radius 3 is 3.00 bits per heavy atom. The predicted molar refractivity (Wildman–Crippen MR) is 73.3 cm³/mol. The molecular formula is C12H9ClFN3OS. The molecule has 3 aromatic rings. The number of hydrogen-bond donors (Lipinski definition) is 1. The third-order valence-corrected chi connectivity index (χ3v) is 3.79. The first-order valence-corrected chi connectivity index (χ1v) is 6.96. The molecule has 1 N–H and O–H groups in total. The van der Waals surface area contributed by atoms with E-state index in [1.807, 2.05) is 4.57 Å². The maximum Gasteiger partial charge on any atom is 0.304 e. The molecule has 4 nitrogen and oxygen atoms in total. The summed E-state index contributed by atoms with van der Waals surface area (Å²) in [5, 5.41) is 1.74. The van der Waals surface area contributed by atoms with Gasteiger partial charge in [0.25, 0.3) is 0 Å². The number of aromatic nitrogens is 3. The summed E-state index contributed by atoms with van der Waals surface area (Å²) in [7, 11) is 0. The maximum absolute atomic E-state index is 13.7. The molecule has 0 aliphatic rings. The van der Waals surface area contributed by atoms with Crippen molar-refractivity contribution in [3.05, 3.63) is 50.6 Å². The van der Waals surface area contributed by atoms with Crippen molar-refractivity contribution in [2.24, 2.45) is 0 Å². The highest BCUT2D eigenvalue weighted by atomic mass is 35.5. The summed E-state index contributed by atoms with van der Waals surface area (Å²) in [5.41, 5.74) is 1.73. The monoisotopic (exact) mass is 297 g/mol. The van der Waals surface area contributed by atoms with Gasteiger partial charge in [-0.15, -0.1) is 11.6 Å². The molecule has 98 valence electrons. The zero-order valence-corrected chi connectivity index (χ0v) is 11.3. The van der Waals surface area contributed by atoms with Gasteiger partial charge in [-0.25, -0.2) is 9.37 Å². The lowest BCUT2D eigenvalue weighted by atomic mass is 10.3. The van der Waals surface area contributed by atoms with Gasteiger partial charge in [0.2, 0.25) is 0 Å². The molecule has 0 amide bonds. The van der Waals surface area contributed by atoms with Crippen molar-refractivity contribution in [3.63, 3.8) is 0 Å². The van der Waals surface area contributed by atoms with E-state index in [4.69, 9.17) is 11.6 Å². The molecule has 0 spiro atoms. The van der Waals surface area contributed by atoms with E-state index in [2.05, 4.69) is 9.97 Å².